The second kappa shape index (κ2) is 10.5. The first-order valence-electron chi connectivity index (χ1n) is 10.4. The number of benzene rings is 3. The molecule has 1 heterocycles. The topological polar surface area (TPSA) is 105 Å². The number of carbonyl (C=O) groups is 1. The molecule has 2 N–H and O–H groups in total. The Bertz CT molecular complexity index is 1550. The van der Waals surface area contributed by atoms with Crippen molar-refractivity contribution in [2.75, 3.05) is 4.72 Å². The predicted molar refractivity (Wildman–Crippen MR) is 137 cm³/mol. The van der Waals surface area contributed by atoms with Gasteiger partial charge in [0, 0.05) is 16.3 Å². The van der Waals surface area contributed by atoms with Crippen LogP contribution < -0.4 is 10.1 Å². The summed E-state index contributed by atoms with van der Waals surface area (Å²) in [5, 5.41) is 8.94. The van der Waals surface area contributed by atoms with Crippen LogP contribution in [0.15, 0.2) is 82.8 Å². The maximum Gasteiger partial charge on any atom is 0.271 e. The van der Waals surface area contributed by atoms with Crippen molar-refractivity contribution in [2.24, 2.45) is 5.10 Å². The molecule has 0 fully saturated rings. The van der Waals surface area contributed by atoms with E-state index in [0.29, 0.717) is 27.7 Å². The molecule has 4 rings (SSSR count). The number of aryl methyl sites for hydroxylation is 1. The number of carbonyl (C=O) groups excluding carboxylic acids is 1. The molecule has 0 saturated heterocycles. The number of anilines is 1. The van der Waals surface area contributed by atoms with Crippen molar-refractivity contribution in [1.29, 1.82) is 0 Å². The third kappa shape index (κ3) is 5.73. The Morgan fingerprint density at radius 1 is 1.06 bits per heavy atom. The van der Waals surface area contributed by atoms with Gasteiger partial charge in [-0.2, -0.15) is 10.2 Å². The van der Waals surface area contributed by atoms with Gasteiger partial charge in [0.1, 0.15) is 11.0 Å². The van der Waals surface area contributed by atoms with Crippen LogP contribution >= 0.6 is 23.2 Å². The lowest BCUT2D eigenvalue weighted by Gasteiger charge is -2.09. The molecule has 12 heteroatoms. The van der Waals surface area contributed by atoms with E-state index >= 15 is 0 Å². The molecule has 0 saturated carbocycles. The maximum absolute atomic E-state index is 13.2. The quantitative estimate of drug-likeness (QED) is 0.246. The average molecular weight is 546 g/mol. The number of rotatable bonds is 7. The Balaban J connectivity index is 1.48. The Morgan fingerprint density at radius 2 is 1.75 bits per heavy atom. The molecule has 36 heavy (non-hydrogen) atoms. The molecule has 3 aromatic carbocycles. The highest BCUT2D eigenvalue weighted by Gasteiger charge is 2.17. The van der Waals surface area contributed by atoms with E-state index in [-0.39, 0.29) is 21.4 Å². The normalized spacial score (nSPS) is 11.6. The second-order valence-corrected chi connectivity index (χ2v) is 9.99. The highest BCUT2D eigenvalue weighted by atomic mass is 35.5. The van der Waals surface area contributed by atoms with Gasteiger partial charge in [0.2, 0.25) is 0 Å². The minimum Gasteiger partial charge on any atom is -0.280 e. The third-order valence-electron chi connectivity index (χ3n) is 4.98. The molecule has 0 unspecified atom stereocenters. The van der Waals surface area contributed by atoms with Crippen LogP contribution in [0.2, 0.25) is 10.2 Å². The van der Waals surface area contributed by atoms with Crippen LogP contribution in [0.5, 0.6) is 0 Å². The summed E-state index contributed by atoms with van der Waals surface area (Å²) in [5.74, 6) is -1.02. The van der Waals surface area contributed by atoms with Crippen LogP contribution in [0.25, 0.3) is 5.69 Å². The van der Waals surface area contributed by atoms with E-state index in [9.17, 15) is 17.6 Å². The van der Waals surface area contributed by atoms with Crippen molar-refractivity contribution in [3.8, 4) is 5.69 Å². The summed E-state index contributed by atoms with van der Waals surface area (Å²) < 4.78 is 42.5. The van der Waals surface area contributed by atoms with Gasteiger partial charge in [-0.05, 0) is 73.7 Å². The van der Waals surface area contributed by atoms with Crippen LogP contribution in [0.4, 0.5) is 10.1 Å². The molecule has 0 aliphatic carbocycles. The number of nitrogens with zero attached hydrogens (tertiary/aromatic N) is 3. The van der Waals surface area contributed by atoms with Crippen LogP contribution in [0.3, 0.4) is 0 Å². The minimum atomic E-state index is -3.95. The number of aromatic nitrogens is 2. The highest BCUT2D eigenvalue weighted by Crippen LogP contribution is 2.22. The van der Waals surface area contributed by atoms with Crippen molar-refractivity contribution in [2.45, 2.75) is 11.8 Å². The van der Waals surface area contributed by atoms with Gasteiger partial charge in [-0.1, -0.05) is 29.3 Å². The standard InChI is InChI=1S/C24H18Cl2FN5O3S/c1-15-22(23(26)32(30-15)20-11-7-18(27)8-12-20)14-28-29-24(33)16-3-2-4-21(13-16)36(34,35)31-19-9-5-17(25)6-10-19/h2-14,31H,1H3,(H,29,33)/b28-14+. The number of nitrogens with one attached hydrogen (secondary N) is 2. The van der Waals surface area contributed by atoms with Crippen LogP contribution in [-0.4, -0.2) is 30.3 Å². The average Bonchev–Trinajstić information content (AvgIpc) is 3.14. The third-order valence-corrected chi connectivity index (χ3v) is 6.98. The molecule has 0 aliphatic heterocycles. The Kier molecular flexibility index (Phi) is 7.39. The number of sulfonamides is 1. The van der Waals surface area contributed by atoms with Gasteiger partial charge in [0.05, 0.1) is 28.1 Å². The highest BCUT2D eigenvalue weighted by molar-refractivity contribution is 7.92. The van der Waals surface area contributed by atoms with E-state index in [4.69, 9.17) is 23.2 Å². The van der Waals surface area contributed by atoms with Gasteiger partial charge in [-0.15, -0.1) is 0 Å². The van der Waals surface area contributed by atoms with E-state index < -0.39 is 15.9 Å². The zero-order valence-corrected chi connectivity index (χ0v) is 20.9. The van der Waals surface area contributed by atoms with Gasteiger partial charge in [0.15, 0.2) is 0 Å². The predicted octanol–water partition coefficient (Wildman–Crippen LogP) is 5.19. The number of hydrazone groups is 1. The zero-order valence-electron chi connectivity index (χ0n) is 18.6. The zero-order chi connectivity index (χ0) is 25.9. The molecule has 0 radical (unpaired) electrons. The van der Waals surface area contributed by atoms with E-state index in [2.05, 4.69) is 20.3 Å². The van der Waals surface area contributed by atoms with E-state index in [1.54, 1.807) is 19.1 Å². The SMILES string of the molecule is Cc1nn(-c2ccc(F)cc2)c(Cl)c1/C=N/NC(=O)c1cccc(S(=O)(=O)Nc2ccc(Cl)cc2)c1. The molecule has 0 aliphatic rings. The fourth-order valence-electron chi connectivity index (χ4n) is 3.17. The summed E-state index contributed by atoms with van der Waals surface area (Å²) >= 11 is 12.2. The summed E-state index contributed by atoms with van der Waals surface area (Å²) in [6, 6.07) is 17.3. The lowest BCUT2D eigenvalue weighted by molar-refractivity contribution is 0.0955. The van der Waals surface area contributed by atoms with Crippen molar-refractivity contribution in [3.63, 3.8) is 0 Å². The molecular formula is C24H18Cl2FN5O3S. The lowest BCUT2D eigenvalue weighted by atomic mass is 10.2. The summed E-state index contributed by atoms with van der Waals surface area (Å²) in [6.45, 7) is 1.71. The fourth-order valence-corrected chi connectivity index (χ4v) is 4.72. The number of halogens is 3. The molecule has 0 atom stereocenters. The smallest absolute Gasteiger partial charge is 0.271 e. The Hall–Kier alpha value is -3.73. The van der Waals surface area contributed by atoms with Gasteiger partial charge >= 0.3 is 0 Å². The second-order valence-electron chi connectivity index (χ2n) is 7.52. The van der Waals surface area contributed by atoms with Crippen molar-refractivity contribution in [3.05, 3.63) is 106 Å². The summed E-state index contributed by atoms with van der Waals surface area (Å²) in [4.78, 5) is 12.5. The summed E-state index contributed by atoms with van der Waals surface area (Å²) in [7, 11) is -3.95. The van der Waals surface area contributed by atoms with Crippen molar-refractivity contribution < 1.29 is 17.6 Å². The fraction of sp³-hybridized carbons (Fsp3) is 0.0417. The maximum atomic E-state index is 13.2. The molecule has 1 amide bonds. The first-order chi connectivity index (χ1) is 17.1. The van der Waals surface area contributed by atoms with Crippen LogP contribution in [0.1, 0.15) is 21.6 Å². The summed E-state index contributed by atoms with van der Waals surface area (Å²) in [6.07, 6.45) is 1.32. The Labute approximate surface area is 216 Å². The van der Waals surface area contributed by atoms with Gasteiger partial charge in [-0.25, -0.2) is 22.9 Å². The number of hydrogen-bond acceptors (Lipinski definition) is 5. The molecule has 8 nitrogen and oxygen atoms in total. The van der Waals surface area contributed by atoms with Gasteiger partial charge in [0.25, 0.3) is 15.9 Å². The monoisotopic (exact) mass is 545 g/mol. The van der Waals surface area contributed by atoms with Gasteiger partial charge in [-0.3, -0.25) is 9.52 Å². The van der Waals surface area contributed by atoms with E-state index in [0.717, 1.165) is 0 Å². The number of amides is 1. The van der Waals surface area contributed by atoms with Crippen LogP contribution in [0, 0.1) is 12.7 Å². The first kappa shape index (κ1) is 25.4. The lowest BCUT2D eigenvalue weighted by Crippen LogP contribution is -2.19. The van der Waals surface area contributed by atoms with Crippen LogP contribution in [-0.2, 0) is 10.0 Å². The first-order valence-corrected chi connectivity index (χ1v) is 12.6. The van der Waals surface area contributed by atoms with Crippen molar-refractivity contribution in [1.82, 2.24) is 15.2 Å². The molecular weight excluding hydrogens is 528 g/mol. The van der Waals surface area contributed by atoms with E-state index in [1.165, 1.54) is 71.6 Å². The molecule has 184 valence electrons. The molecule has 1 aromatic heterocycles. The largest absolute Gasteiger partial charge is 0.280 e. The van der Waals surface area contributed by atoms with Gasteiger partial charge < -0.3 is 0 Å². The Morgan fingerprint density at radius 3 is 2.44 bits per heavy atom. The van der Waals surface area contributed by atoms with Crippen molar-refractivity contribution >= 4 is 51.0 Å². The molecule has 0 bridgehead atoms. The molecule has 0 spiro atoms. The minimum absolute atomic E-state index is 0.0796. The summed E-state index contributed by atoms with van der Waals surface area (Å²) in [5.41, 5.74) is 4.29. The molecule has 4 aromatic rings. The number of hydrogen-bond donors (Lipinski definition) is 2. The van der Waals surface area contributed by atoms with E-state index in [1.807, 2.05) is 0 Å².